The molecular weight excluding hydrogens is 176 g/mol. The summed E-state index contributed by atoms with van der Waals surface area (Å²) >= 11 is 0. The molecule has 0 atom stereocenters. The molecule has 0 fully saturated rings. The number of pyridine rings is 1. The molecule has 0 aliphatic heterocycles. The van der Waals surface area contributed by atoms with E-state index in [4.69, 9.17) is 4.42 Å². The summed E-state index contributed by atoms with van der Waals surface area (Å²) in [5, 5.41) is 0. The molecule has 0 bridgehead atoms. The average Bonchev–Trinajstić information content (AvgIpc) is 2.53. The van der Waals surface area contributed by atoms with Crippen molar-refractivity contribution in [1.82, 2.24) is 9.97 Å². The molecule has 0 aliphatic carbocycles. The zero-order valence-electron chi connectivity index (χ0n) is 9.16. The first-order valence-corrected chi connectivity index (χ1v) is 4.86. The summed E-state index contributed by atoms with van der Waals surface area (Å²) < 4.78 is 5.13. The van der Waals surface area contributed by atoms with Gasteiger partial charge in [0, 0.05) is 5.69 Å². The van der Waals surface area contributed by atoms with E-state index < -0.39 is 0 Å². The summed E-state index contributed by atoms with van der Waals surface area (Å²) in [6.07, 6.45) is 2.67. The third kappa shape index (κ3) is 2.31. The molecule has 0 saturated carbocycles. The van der Waals surface area contributed by atoms with E-state index in [0.29, 0.717) is 5.65 Å². The van der Waals surface area contributed by atoms with E-state index in [1.807, 2.05) is 19.9 Å². The maximum atomic E-state index is 5.13. The number of hydrogen-bond donors (Lipinski definition) is 0. The van der Waals surface area contributed by atoms with E-state index in [0.717, 1.165) is 16.8 Å². The summed E-state index contributed by atoms with van der Waals surface area (Å²) in [6.45, 7) is 8.18. The van der Waals surface area contributed by atoms with Crippen molar-refractivity contribution in [1.29, 1.82) is 0 Å². The maximum Gasteiger partial charge on any atom is 0.199 e. The molecule has 0 unspecified atom stereocenters. The van der Waals surface area contributed by atoms with Gasteiger partial charge < -0.3 is 4.42 Å². The fraction of sp³-hybridized carbons (Fsp3) is 0.455. The lowest BCUT2D eigenvalue weighted by Gasteiger charge is -1.93. The van der Waals surface area contributed by atoms with Crippen LogP contribution in [0.2, 0.25) is 0 Å². The van der Waals surface area contributed by atoms with E-state index in [9.17, 15) is 0 Å². The maximum absolute atomic E-state index is 5.13. The highest BCUT2D eigenvalue weighted by molar-refractivity contribution is 5.71. The minimum Gasteiger partial charge on any atom is -0.441 e. The fourth-order valence-electron chi connectivity index (χ4n) is 1.17. The molecule has 0 spiro atoms. The molecule has 0 aromatic carbocycles. The molecule has 0 saturated heterocycles. The van der Waals surface area contributed by atoms with Crippen molar-refractivity contribution in [3.8, 4) is 0 Å². The van der Waals surface area contributed by atoms with Gasteiger partial charge >= 0.3 is 0 Å². The molecule has 2 heterocycles. The lowest BCUT2D eigenvalue weighted by molar-refractivity contribution is 0.599. The van der Waals surface area contributed by atoms with Crippen LogP contribution in [-0.4, -0.2) is 9.97 Å². The van der Waals surface area contributed by atoms with Crippen LogP contribution in [-0.2, 0) is 0 Å². The molecule has 2 aromatic rings. The fourth-order valence-corrected chi connectivity index (χ4v) is 1.17. The van der Waals surface area contributed by atoms with Crippen molar-refractivity contribution >= 4 is 11.2 Å². The molecule has 0 amide bonds. The molecule has 0 N–H and O–H groups in total. The Morgan fingerprint density at radius 3 is 2.57 bits per heavy atom. The van der Waals surface area contributed by atoms with Crippen LogP contribution in [0, 0.1) is 13.8 Å². The highest BCUT2D eigenvalue weighted by Gasteiger charge is 2.02. The van der Waals surface area contributed by atoms with Gasteiger partial charge in [0.05, 0.1) is 0 Å². The van der Waals surface area contributed by atoms with Crippen molar-refractivity contribution in [2.45, 2.75) is 34.1 Å². The van der Waals surface area contributed by atoms with Crippen LogP contribution in [0.25, 0.3) is 11.2 Å². The second-order valence-corrected chi connectivity index (χ2v) is 3.29. The normalized spacial score (nSPS) is 9.71. The van der Waals surface area contributed by atoms with Gasteiger partial charge in [-0.1, -0.05) is 20.3 Å². The lowest BCUT2D eigenvalue weighted by Crippen LogP contribution is -1.84. The van der Waals surface area contributed by atoms with Gasteiger partial charge in [0.15, 0.2) is 17.6 Å². The molecule has 2 rings (SSSR count). The van der Waals surface area contributed by atoms with Gasteiger partial charge in [-0.2, -0.15) is 4.98 Å². The van der Waals surface area contributed by atoms with Crippen molar-refractivity contribution in [2.24, 2.45) is 0 Å². The van der Waals surface area contributed by atoms with Gasteiger partial charge in [0.2, 0.25) is 0 Å². The van der Waals surface area contributed by atoms with Gasteiger partial charge in [-0.3, -0.25) is 0 Å². The van der Waals surface area contributed by atoms with Gasteiger partial charge in [-0.25, -0.2) is 4.98 Å². The number of nitrogens with zero attached hydrogens (tertiary/aromatic N) is 2. The molecular formula is C11H16N2O. The quantitative estimate of drug-likeness (QED) is 0.643. The number of aromatic nitrogens is 2. The summed E-state index contributed by atoms with van der Waals surface area (Å²) in [5.41, 5.74) is 3.55. The van der Waals surface area contributed by atoms with Crippen molar-refractivity contribution in [3.63, 3.8) is 0 Å². The third-order valence-corrected chi connectivity index (χ3v) is 1.61. The average molecular weight is 192 g/mol. The second kappa shape index (κ2) is 4.74. The van der Waals surface area contributed by atoms with E-state index in [1.165, 1.54) is 12.8 Å². The number of fused-ring (bicyclic) bond motifs is 1. The highest BCUT2D eigenvalue weighted by Crippen LogP contribution is 2.15. The smallest absolute Gasteiger partial charge is 0.199 e. The number of aryl methyl sites for hydroxylation is 2. The second-order valence-electron chi connectivity index (χ2n) is 3.29. The molecule has 0 radical (unpaired) electrons. The van der Waals surface area contributed by atoms with Gasteiger partial charge in [0.1, 0.15) is 0 Å². The molecule has 0 aliphatic rings. The highest BCUT2D eigenvalue weighted by atomic mass is 16.3. The van der Waals surface area contributed by atoms with Crippen LogP contribution in [0.15, 0.2) is 16.9 Å². The Balaban J connectivity index is 0.000000293. The van der Waals surface area contributed by atoms with Crippen molar-refractivity contribution in [2.75, 3.05) is 0 Å². The molecule has 14 heavy (non-hydrogen) atoms. The van der Waals surface area contributed by atoms with Crippen LogP contribution in [0.4, 0.5) is 0 Å². The summed E-state index contributed by atoms with van der Waals surface area (Å²) in [7, 11) is 0. The van der Waals surface area contributed by atoms with Crippen LogP contribution in [0.1, 0.15) is 31.5 Å². The summed E-state index contributed by atoms with van der Waals surface area (Å²) in [4.78, 5) is 8.15. The number of oxazole rings is 1. The van der Waals surface area contributed by atoms with E-state index >= 15 is 0 Å². The SMILES string of the molecule is CCC.Cc1cc(C)c2ocnc2n1. The van der Waals surface area contributed by atoms with Gasteiger partial charge in [-0.05, 0) is 25.5 Å². The Kier molecular flexibility index (Phi) is 3.63. The standard InChI is InChI=1S/C8H8N2O.C3H8/c1-5-3-6(2)10-8-7(5)11-4-9-8;1-3-2/h3-4H,1-2H3;3H2,1-2H3. The molecule has 2 aromatic heterocycles. The predicted molar refractivity (Wildman–Crippen MR) is 57.2 cm³/mol. The third-order valence-electron chi connectivity index (χ3n) is 1.61. The van der Waals surface area contributed by atoms with Gasteiger partial charge in [-0.15, -0.1) is 0 Å². The first-order chi connectivity index (χ1) is 6.69. The topological polar surface area (TPSA) is 38.9 Å². The Bertz CT molecular complexity index is 407. The van der Waals surface area contributed by atoms with Crippen LogP contribution < -0.4 is 0 Å². The van der Waals surface area contributed by atoms with Crippen molar-refractivity contribution in [3.05, 3.63) is 23.7 Å². The predicted octanol–water partition coefficient (Wildman–Crippen LogP) is 3.26. The Morgan fingerprint density at radius 2 is 1.93 bits per heavy atom. The van der Waals surface area contributed by atoms with Crippen LogP contribution in [0.3, 0.4) is 0 Å². The largest absolute Gasteiger partial charge is 0.441 e. The number of hydrogen-bond acceptors (Lipinski definition) is 3. The van der Waals surface area contributed by atoms with Crippen molar-refractivity contribution < 1.29 is 4.42 Å². The van der Waals surface area contributed by atoms with E-state index in [2.05, 4.69) is 23.8 Å². The van der Waals surface area contributed by atoms with E-state index in [1.54, 1.807) is 0 Å². The molecule has 3 nitrogen and oxygen atoms in total. The van der Waals surface area contributed by atoms with Crippen LogP contribution >= 0.6 is 0 Å². The first-order valence-electron chi connectivity index (χ1n) is 4.86. The minimum atomic E-state index is 0.697. The lowest BCUT2D eigenvalue weighted by atomic mass is 10.2. The minimum absolute atomic E-state index is 0.697. The monoisotopic (exact) mass is 192 g/mol. The summed E-state index contributed by atoms with van der Waals surface area (Å²) in [6, 6.07) is 1.98. The first kappa shape index (κ1) is 10.7. The Labute approximate surface area is 84.2 Å². The number of rotatable bonds is 0. The molecule has 76 valence electrons. The van der Waals surface area contributed by atoms with Gasteiger partial charge in [0.25, 0.3) is 0 Å². The Hall–Kier alpha value is -1.38. The zero-order valence-corrected chi connectivity index (χ0v) is 9.16. The van der Waals surface area contributed by atoms with E-state index in [-0.39, 0.29) is 0 Å². The summed E-state index contributed by atoms with van der Waals surface area (Å²) in [5.74, 6) is 0. The Morgan fingerprint density at radius 1 is 1.29 bits per heavy atom. The zero-order chi connectivity index (χ0) is 10.6. The molecule has 3 heteroatoms. The van der Waals surface area contributed by atoms with Crippen LogP contribution in [0.5, 0.6) is 0 Å².